The van der Waals surface area contributed by atoms with Gasteiger partial charge in [0.05, 0.1) is 6.42 Å². The van der Waals surface area contributed by atoms with Crippen LogP contribution in [0.3, 0.4) is 0 Å². The third-order valence-corrected chi connectivity index (χ3v) is 6.22. The summed E-state index contributed by atoms with van der Waals surface area (Å²) in [7, 11) is 0. The van der Waals surface area contributed by atoms with Gasteiger partial charge in [0.1, 0.15) is 5.69 Å². The molecular formula is C23H24N4O2. The van der Waals surface area contributed by atoms with Crippen molar-refractivity contribution >= 4 is 22.7 Å². The molecule has 148 valence electrons. The molecule has 2 atom stereocenters. The van der Waals surface area contributed by atoms with Gasteiger partial charge in [-0.2, -0.15) is 0 Å². The first-order valence-corrected chi connectivity index (χ1v) is 10.2. The van der Waals surface area contributed by atoms with Gasteiger partial charge in [-0.3, -0.25) is 14.6 Å². The normalized spacial score (nSPS) is 21.4. The molecule has 29 heavy (non-hydrogen) atoms. The topological polar surface area (TPSA) is 69.3 Å². The van der Waals surface area contributed by atoms with Crippen LogP contribution in [0.25, 0.3) is 10.9 Å². The zero-order chi connectivity index (χ0) is 19.8. The predicted octanol–water partition coefficient (Wildman–Crippen LogP) is 2.87. The third kappa shape index (κ3) is 3.39. The number of benzene rings is 1. The summed E-state index contributed by atoms with van der Waals surface area (Å²) >= 11 is 0. The van der Waals surface area contributed by atoms with Crippen LogP contribution >= 0.6 is 0 Å². The van der Waals surface area contributed by atoms with E-state index >= 15 is 0 Å². The van der Waals surface area contributed by atoms with Gasteiger partial charge in [-0.05, 0) is 42.5 Å². The first-order chi connectivity index (χ1) is 14.2. The number of aromatic amines is 1. The summed E-state index contributed by atoms with van der Waals surface area (Å²) in [6.07, 6.45) is 6.00. The average Bonchev–Trinajstić information content (AvgIpc) is 2.94. The van der Waals surface area contributed by atoms with Crippen molar-refractivity contribution in [2.45, 2.75) is 25.3 Å². The molecule has 0 radical (unpaired) electrons. The molecule has 5 heterocycles. The van der Waals surface area contributed by atoms with Crippen LogP contribution in [-0.2, 0) is 11.2 Å². The Labute approximate surface area is 169 Å². The fourth-order valence-corrected chi connectivity index (χ4v) is 4.75. The van der Waals surface area contributed by atoms with Crippen molar-refractivity contribution in [3.63, 3.8) is 0 Å². The van der Waals surface area contributed by atoms with Gasteiger partial charge < -0.3 is 14.8 Å². The Hall–Kier alpha value is -3.15. The molecule has 2 amide bonds. The summed E-state index contributed by atoms with van der Waals surface area (Å²) in [4.78, 5) is 37.5. The van der Waals surface area contributed by atoms with Crippen LogP contribution in [0.2, 0.25) is 0 Å². The minimum atomic E-state index is -0.0339. The van der Waals surface area contributed by atoms with E-state index in [1.165, 1.54) is 0 Å². The number of aromatic nitrogens is 2. The van der Waals surface area contributed by atoms with Gasteiger partial charge >= 0.3 is 0 Å². The van der Waals surface area contributed by atoms with Crippen molar-refractivity contribution < 1.29 is 9.59 Å². The van der Waals surface area contributed by atoms with E-state index < -0.39 is 0 Å². The van der Waals surface area contributed by atoms with Gasteiger partial charge in [0.2, 0.25) is 5.91 Å². The van der Waals surface area contributed by atoms with Gasteiger partial charge in [-0.15, -0.1) is 0 Å². The smallest absolute Gasteiger partial charge is 0.272 e. The summed E-state index contributed by atoms with van der Waals surface area (Å²) in [6.45, 7) is 2.02. The first-order valence-electron chi connectivity index (χ1n) is 10.2. The molecule has 3 saturated heterocycles. The molecule has 3 aliphatic rings. The van der Waals surface area contributed by atoms with Crippen molar-refractivity contribution in [2.24, 2.45) is 5.92 Å². The molecule has 6 nitrogen and oxygen atoms in total. The molecule has 1 N–H and O–H groups in total. The number of carbonyl (C=O) groups is 2. The molecule has 3 aliphatic heterocycles. The molecule has 1 aromatic carbocycles. The van der Waals surface area contributed by atoms with Crippen LogP contribution in [0, 0.1) is 5.92 Å². The zero-order valence-corrected chi connectivity index (χ0v) is 16.3. The second-order valence-electron chi connectivity index (χ2n) is 8.10. The summed E-state index contributed by atoms with van der Waals surface area (Å²) in [6, 6.07) is 13.6. The maximum absolute atomic E-state index is 13.2. The maximum Gasteiger partial charge on any atom is 0.272 e. The van der Waals surface area contributed by atoms with Crippen molar-refractivity contribution in [3.05, 3.63) is 66.1 Å². The van der Waals surface area contributed by atoms with Crippen LogP contribution in [0.4, 0.5) is 0 Å². The van der Waals surface area contributed by atoms with Crippen molar-refractivity contribution in [1.29, 1.82) is 0 Å². The molecule has 6 rings (SSSR count). The van der Waals surface area contributed by atoms with E-state index in [0.29, 0.717) is 31.1 Å². The Morgan fingerprint density at radius 1 is 1.03 bits per heavy atom. The molecule has 6 heteroatoms. The Balaban J connectivity index is 1.33. The molecule has 0 spiro atoms. The van der Waals surface area contributed by atoms with Gasteiger partial charge in [0, 0.05) is 49.0 Å². The second-order valence-corrected chi connectivity index (χ2v) is 8.10. The Bertz CT molecular complexity index is 1050. The van der Waals surface area contributed by atoms with E-state index in [1.807, 2.05) is 46.3 Å². The van der Waals surface area contributed by atoms with Crippen LogP contribution in [0.1, 0.15) is 28.9 Å². The molecular weight excluding hydrogens is 364 g/mol. The highest BCUT2D eigenvalue weighted by molar-refractivity contribution is 5.92. The lowest BCUT2D eigenvalue weighted by Crippen LogP contribution is -2.48. The number of H-pyrrole nitrogens is 1. The van der Waals surface area contributed by atoms with E-state index in [2.05, 4.69) is 16.0 Å². The number of amides is 2. The van der Waals surface area contributed by atoms with E-state index in [9.17, 15) is 9.59 Å². The van der Waals surface area contributed by atoms with Gasteiger partial charge in [-0.25, -0.2) is 0 Å². The largest absolute Gasteiger partial charge is 0.361 e. The van der Waals surface area contributed by atoms with Gasteiger partial charge in [-0.1, -0.05) is 24.3 Å². The highest BCUT2D eigenvalue weighted by Gasteiger charge is 2.38. The summed E-state index contributed by atoms with van der Waals surface area (Å²) in [5.41, 5.74) is 2.57. The number of nitrogens with zero attached hydrogens (tertiary/aromatic N) is 3. The van der Waals surface area contributed by atoms with Gasteiger partial charge in [0.15, 0.2) is 0 Å². The summed E-state index contributed by atoms with van der Waals surface area (Å²) in [5.74, 6) is 0.443. The highest BCUT2D eigenvalue weighted by atomic mass is 16.2. The molecule has 0 aliphatic carbocycles. The monoisotopic (exact) mass is 388 g/mol. The molecule has 3 aromatic rings. The fraction of sp³-hybridized carbons (Fsp3) is 0.348. The first kappa shape index (κ1) is 17.9. The van der Waals surface area contributed by atoms with E-state index in [4.69, 9.17) is 0 Å². The molecule has 2 bridgehead atoms. The minimum absolute atomic E-state index is 0.0339. The number of fused-ring (bicyclic) bond motifs is 5. The predicted molar refractivity (Wildman–Crippen MR) is 110 cm³/mol. The molecule has 0 unspecified atom stereocenters. The molecule has 2 aromatic heterocycles. The molecule has 0 saturated carbocycles. The maximum atomic E-state index is 13.2. The summed E-state index contributed by atoms with van der Waals surface area (Å²) in [5, 5.41) is 1.10. The fourth-order valence-electron chi connectivity index (χ4n) is 4.75. The van der Waals surface area contributed by atoms with E-state index in [1.54, 1.807) is 12.3 Å². The van der Waals surface area contributed by atoms with E-state index in [0.717, 1.165) is 35.9 Å². The SMILES string of the molecule is O=C(c1ccccn1)N1C[C@@H]2CC[C@H](C1)N(C(=O)Cc1c[nH]c3ccccc13)C2. The van der Waals surface area contributed by atoms with Crippen LogP contribution in [-0.4, -0.2) is 57.3 Å². The highest BCUT2D eigenvalue weighted by Crippen LogP contribution is 2.30. The van der Waals surface area contributed by atoms with Crippen LogP contribution < -0.4 is 0 Å². The quantitative estimate of drug-likeness (QED) is 0.750. The second kappa shape index (κ2) is 7.35. The number of hydrogen-bond acceptors (Lipinski definition) is 3. The van der Waals surface area contributed by atoms with Crippen molar-refractivity contribution in [3.8, 4) is 0 Å². The number of pyridine rings is 1. The Kier molecular flexibility index (Phi) is 4.54. The number of hydrogen-bond donors (Lipinski definition) is 1. The number of piperidine rings is 1. The summed E-state index contributed by atoms with van der Waals surface area (Å²) < 4.78 is 0. The lowest BCUT2D eigenvalue weighted by molar-refractivity contribution is -0.134. The lowest BCUT2D eigenvalue weighted by Gasteiger charge is -2.36. The number of para-hydroxylation sites is 1. The third-order valence-electron chi connectivity index (χ3n) is 6.22. The van der Waals surface area contributed by atoms with Gasteiger partial charge in [0.25, 0.3) is 5.91 Å². The van der Waals surface area contributed by atoms with Crippen LogP contribution in [0.5, 0.6) is 0 Å². The minimum Gasteiger partial charge on any atom is -0.361 e. The number of nitrogens with one attached hydrogen (secondary N) is 1. The number of rotatable bonds is 3. The Morgan fingerprint density at radius 3 is 2.76 bits per heavy atom. The zero-order valence-electron chi connectivity index (χ0n) is 16.3. The lowest BCUT2D eigenvalue weighted by atomic mass is 9.94. The molecule has 3 fully saturated rings. The average molecular weight is 388 g/mol. The van der Waals surface area contributed by atoms with Crippen molar-refractivity contribution in [2.75, 3.05) is 19.6 Å². The van der Waals surface area contributed by atoms with Crippen molar-refractivity contribution in [1.82, 2.24) is 19.8 Å². The number of carbonyl (C=O) groups excluding carboxylic acids is 2. The van der Waals surface area contributed by atoms with E-state index in [-0.39, 0.29) is 17.9 Å². The standard InChI is InChI=1S/C23H24N4O2/c28-22(11-17-12-25-20-6-2-1-5-19(17)20)27-14-16-8-9-18(27)15-26(13-16)23(29)21-7-3-4-10-24-21/h1-7,10,12,16,18,25H,8-9,11,13-15H2/t16-,18+/m0/s1. The van der Waals surface area contributed by atoms with Crippen LogP contribution in [0.15, 0.2) is 54.9 Å². The Morgan fingerprint density at radius 2 is 1.90 bits per heavy atom.